The predicted octanol–water partition coefficient (Wildman–Crippen LogP) is 2.42. The van der Waals surface area contributed by atoms with Gasteiger partial charge in [-0.2, -0.15) is 0 Å². The van der Waals surface area contributed by atoms with E-state index in [0.29, 0.717) is 5.56 Å². The Morgan fingerprint density at radius 1 is 1.38 bits per heavy atom. The maximum atomic E-state index is 12.1. The van der Waals surface area contributed by atoms with Crippen LogP contribution in [0.2, 0.25) is 0 Å². The van der Waals surface area contributed by atoms with Crippen LogP contribution in [0, 0.1) is 10.1 Å². The van der Waals surface area contributed by atoms with Gasteiger partial charge in [0, 0.05) is 12.1 Å². The number of rotatable bonds is 6. The Balaban J connectivity index is 2.60. The summed E-state index contributed by atoms with van der Waals surface area (Å²) in [5.41, 5.74) is 0.444. The molecule has 1 aromatic carbocycles. The van der Waals surface area contributed by atoms with Crippen molar-refractivity contribution in [2.45, 2.75) is 12.7 Å². The molecule has 0 aromatic heterocycles. The van der Waals surface area contributed by atoms with Crippen LogP contribution in [-0.2, 0) is 11.3 Å². The van der Waals surface area contributed by atoms with E-state index in [-0.39, 0.29) is 12.3 Å². The smallest absolute Gasteiger partial charge is 0.269 e. The van der Waals surface area contributed by atoms with Gasteiger partial charge in [-0.3, -0.25) is 10.1 Å². The Morgan fingerprint density at radius 2 is 2.06 bits per heavy atom. The lowest BCUT2D eigenvalue weighted by atomic mass is 10.2. The standard InChI is InChI=1S/C10H11F2NO3/c11-5-10(6-12)16-7-8-2-1-3-9(4-8)13(14)15/h1-4,10H,5-7H2. The minimum atomic E-state index is -1.10. The summed E-state index contributed by atoms with van der Waals surface area (Å²) < 4.78 is 29.1. The van der Waals surface area contributed by atoms with Crippen molar-refractivity contribution in [3.05, 3.63) is 39.9 Å². The van der Waals surface area contributed by atoms with Crippen LogP contribution in [0.4, 0.5) is 14.5 Å². The summed E-state index contributed by atoms with van der Waals surface area (Å²) >= 11 is 0. The fraction of sp³-hybridized carbons (Fsp3) is 0.400. The Hall–Kier alpha value is -1.56. The third-order valence-corrected chi connectivity index (χ3v) is 1.95. The lowest BCUT2D eigenvalue weighted by molar-refractivity contribution is -0.385. The molecule has 0 amide bonds. The van der Waals surface area contributed by atoms with Crippen LogP contribution in [0.3, 0.4) is 0 Å². The molecule has 1 aromatic rings. The van der Waals surface area contributed by atoms with Crippen molar-refractivity contribution in [1.29, 1.82) is 0 Å². The quantitative estimate of drug-likeness (QED) is 0.558. The second-order valence-electron chi connectivity index (χ2n) is 3.17. The molecule has 0 aliphatic carbocycles. The number of nitro benzene ring substituents is 1. The zero-order chi connectivity index (χ0) is 12.0. The third-order valence-electron chi connectivity index (χ3n) is 1.95. The Bertz CT molecular complexity index is 356. The highest BCUT2D eigenvalue weighted by Gasteiger charge is 2.10. The number of benzene rings is 1. The van der Waals surface area contributed by atoms with E-state index < -0.39 is 24.4 Å². The van der Waals surface area contributed by atoms with Crippen molar-refractivity contribution in [2.24, 2.45) is 0 Å². The molecule has 0 N–H and O–H groups in total. The maximum absolute atomic E-state index is 12.1. The summed E-state index contributed by atoms with van der Waals surface area (Å²) in [5.74, 6) is 0. The van der Waals surface area contributed by atoms with Crippen molar-refractivity contribution in [2.75, 3.05) is 13.3 Å². The van der Waals surface area contributed by atoms with Crippen molar-refractivity contribution in [1.82, 2.24) is 0 Å². The molecule has 1 rings (SSSR count). The second-order valence-corrected chi connectivity index (χ2v) is 3.17. The van der Waals surface area contributed by atoms with Gasteiger partial charge in [0.2, 0.25) is 0 Å². The lowest BCUT2D eigenvalue weighted by Gasteiger charge is -2.10. The van der Waals surface area contributed by atoms with Crippen LogP contribution in [0.1, 0.15) is 5.56 Å². The highest BCUT2D eigenvalue weighted by molar-refractivity contribution is 5.33. The molecule has 4 nitrogen and oxygen atoms in total. The first-order valence-electron chi connectivity index (χ1n) is 4.64. The fourth-order valence-electron chi connectivity index (χ4n) is 1.10. The average Bonchev–Trinajstić information content (AvgIpc) is 2.31. The molecular weight excluding hydrogens is 220 g/mol. The molecule has 0 saturated carbocycles. The van der Waals surface area contributed by atoms with Crippen LogP contribution < -0.4 is 0 Å². The molecule has 0 aliphatic heterocycles. The Morgan fingerprint density at radius 3 is 2.62 bits per heavy atom. The van der Waals surface area contributed by atoms with Crippen LogP contribution >= 0.6 is 0 Å². The van der Waals surface area contributed by atoms with Gasteiger partial charge in [0.1, 0.15) is 19.5 Å². The monoisotopic (exact) mass is 231 g/mol. The summed E-state index contributed by atoms with van der Waals surface area (Å²) in [4.78, 5) is 9.91. The van der Waals surface area contributed by atoms with Crippen LogP contribution in [0.15, 0.2) is 24.3 Å². The predicted molar refractivity (Wildman–Crippen MR) is 53.6 cm³/mol. The van der Waals surface area contributed by atoms with Crippen LogP contribution in [-0.4, -0.2) is 24.4 Å². The second kappa shape index (κ2) is 6.12. The molecule has 16 heavy (non-hydrogen) atoms. The van der Waals surface area contributed by atoms with Gasteiger partial charge in [0.25, 0.3) is 5.69 Å². The number of ether oxygens (including phenoxy) is 1. The third kappa shape index (κ3) is 3.54. The number of halogens is 2. The molecular formula is C10H11F2NO3. The summed E-state index contributed by atoms with van der Waals surface area (Å²) in [6.07, 6.45) is -1.10. The van der Waals surface area contributed by atoms with Gasteiger partial charge in [-0.05, 0) is 5.56 Å². The fourth-order valence-corrected chi connectivity index (χ4v) is 1.10. The highest BCUT2D eigenvalue weighted by atomic mass is 19.1. The summed E-state index contributed by atoms with van der Waals surface area (Å²) in [5, 5.41) is 10.4. The normalized spacial score (nSPS) is 10.7. The van der Waals surface area contributed by atoms with Gasteiger partial charge in [-0.15, -0.1) is 0 Å². The van der Waals surface area contributed by atoms with E-state index >= 15 is 0 Å². The highest BCUT2D eigenvalue weighted by Crippen LogP contribution is 2.14. The maximum Gasteiger partial charge on any atom is 0.269 e. The van der Waals surface area contributed by atoms with Gasteiger partial charge in [-0.25, -0.2) is 8.78 Å². The van der Waals surface area contributed by atoms with Gasteiger partial charge >= 0.3 is 0 Å². The van der Waals surface area contributed by atoms with Gasteiger partial charge in [-0.1, -0.05) is 12.1 Å². The first kappa shape index (κ1) is 12.5. The molecule has 0 heterocycles. The number of nitrogens with zero attached hydrogens (tertiary/aromatic N) is 1. The number of non-ortho nitro benzene ring substituents is 1. The van der Waals surface area contributed by atoms with Gasteiger partial charge < -0.3 is 4.74 Å². The van der Waals surface area contributed by atoms with E-state index in [1.54, 1.807) is 6.07 Å². The molecule has 88 valence electrons. The number of hydrogen-bond donors (Lipinski definition) is 0. The molecule has 0 unspecified atom stereocenters. The van der Waals surface area contributed by atoms with E-state index in [0.717, 1.165) is 0 Å². The van der Waals surface area contributed by atoms with Crippen molar-refractivity contribution < 1.29 is 18.4 Å². The van der Waals surface area contributed by atoms with Crippen LogP contribution in [0.25, 0.3) is 0 Å². The van der Waals surface area contributed by atoms with E-state index in [2.05, 4.69) is 0 Å². The number of hydrogen-bond acceptors (Lipinski definition) is 3. The number of nitro groups is 1. The van der Waals surface area contributed by atoms with Crippen molar-refractivity contribution >= 4 is 5.69 Å². The molecule has 0 aliphatic rings. The average molecular weight is 231 g/mol. The SMILES string of the molecule is O=[N+]([O-])c1cccc(COC(CF)CF)c1. The Kier molecular flexibility index (Phi) is 4.78. The molecule has 0 fully saturated rings. The van der Waals surface area contributed by atoms with Crippen molar-refractivity contribution in [3.8, 4) is 0 Å². The largest absolute Gasteiger partial charge is 0.368 e. The lowest BCUT2D eigenvalue weighted by Crippen LogP contribution is -2.17. The summed E-state index contributed by atoms with van der Waals surface area (Å²) in [7, 11) is 0. The topological polar surface area (TPSA) is 52.4 Å². The van der Waals surface area contributed by atoms with Crippen molar-refractivity contribution in [3.63, 3.8) is 0 Å². The zero-order valence-electron chi connectivity index (χ0n) is 8.44. The first-order valence-corrected chi connectivity index (χ1v) is 4.64. The minimum Gasteiger partial charge on any atom is -0.368 e. The van der Waals surface area contributed by atoms with E-state index in [9.17, 15) is 18.9 Å². The molecule has 0 bridgehead atoms. The molecule has 6 heteroatoms. The van der Waals surface area contributed by atoms with E-state index in [1.165, 1.54) is 18.2 Å². The first-order chi connectivity index (χ1) is 7.67. The van der Waals surface area contributed by atoms with E-state index in [4.69, 9.17) is 4.74 Å². The summed E-state index contributed by atoms with van der Waals surface area (Å²) in [6.45, 7) is -1.86. The zero-order valence-corrected chi connectivity index (χ0v) is 8.44. The number of alkyl halides is 2. The van der Waals surface area contributed by atoms with Crippen LogP contribution in [0.5, 0.6) is 0 Å². The Labute approximate surface area is 91.0 Å². The molecule has 0 spiro atoms. The molecule has 0 saturated heterocycles. The van der Waals surface area contributed by atoms with E-state index in [1.807, 2.05) is 0 Å². The summed E-state index contributed by atoms with van der Waals surface area (Å²) in [6, 6.07) is 5.75. The molecule has 0 radical (unpaired) electrons. The van der Waals surface area contributed by atoms with Gasteiger partial charge in [0.05, 0.1) is 11.5 Å². The van der Waals surface area contributed by atoms with Gasteiger partial charge in [0.15, 0.2) is 0 Å². The minimum absolute atomic E-state index is 0.0415. The molecule has 0 atom stereocenters.